The van der Waals surface area contributed by atoms with Crippen molar-refractivity contribution >= 4 is 6.16 Å². The van der Waals surface area contributed by atoms with Gasteiger partial charge in [0.05, 0.1) is 0 Å². The van der Waals surface area contributed by atoms with Gasteiger partial charge in [0.1, 0.15) is 6.10 Å². The lowest BCUT2D eigenvalue weighted by Crippen LogP contribution is -2.16. The number of carbonyl (C=O) groups is 1. The van der Waals surface area contributed by atoms with E-state index in [1.807, 2.05) is 0 Å². The largest absolute Gasteiger partial charge is 0.506 e. The minimum absolute atomic E-state index is 0.0846. The molecule has 0 saturated carbocycles. The highest BCUT2D eigenvalue weighted by atomic mass is 16.7. The molecule has 0 amide bonds. The van der Waals surface area contributed by atoms with Crippen molar-refractivity contribution in [1.82, 2.24) is 0 Å². The summed E-state index contributed by atoms with van der Waals surface area (Å²) in [4.78, 5) is 10.5. The highest BCUT2D eigenvalue weighted by Gasteiger charge is 2.12. The van der Waals surface area contributed by atoms with E-state index in [0.717, 1.165) is 32.1 Å². The van der Waals surface area contributed by atoms with Gasteiger partial charge in [0, 0.05) is 0 Å². The lowest BCUT2D eigenvalue weighted by Gasteiger charge is -2.15. The molecule has 0 aromatic carbocycles. The number of hydrogen-bond acceptors (Lipinski definition) is 2. The molecule has 0 aromatic rings. The third-order valence-corrected chi connectivity index (χ3v) is 3.03. The van der Waals surface area contributed by atoms with Gasteiger partial charge in [0.2, 0.25) is 0 Å². The number of hydrogen-bond donors (Lipinski definition) is 1. The average molecular weight is 244 g/mol. The Morgan fingerprint density at radius 3 is 2.06 bits per heavy atom. The van der Waals surface area contributed by atoms with Crippen LogP contribution in [0.25, 0.3) is 0 Å². The van der Waals surface area contributed by atoms with Gasteiger partial charge in [0.15, 0.2) is 0 Å². The Labute approximate surface area is 106 Å². The molecule has 0 heterocycles. The maximum absolute atomic E-state index is 10.5. The van der Waals surface area contributed by atoms with Crippen LogP contribution in [0.4, 0.5) is 4.79 Å². The lowest BCUT2D eigenvalue weighted by atomic mass is 10.0. The Morgan fingerprint density at radius 1 is 0.941 bits per heavy atom. The van der Waals surface area contributed by atoms with Crippen LogP contribution in [0, 0.1) is 0 Å². The molecule has 1 atom stereocenters. The first kappa shape index (κ1) is 16.3. The van der Waals surface area contributed by atoms with Crippen molar-refractivity contribution in [3.63, 3.8) is 0 Å². The van der Waals surface area contributed by atoms with E-state index in [9.17, 15) is 4.79 Å². The van der Waals surface area contributed by atoms with Crippen LogP contribution in [-0.4, -0.2) is 17.4 Å². The summed E-state index contributed by atoms with van der Waals surface area (Å²) in [5.41, 5.74) is 0. The first-order chi connectivity index (χ1) is 8.20. The van der Waals surface area contributed by atoms with E-state index in [4.69, 9.17) is 9.84 Å². The molecular formula is C14H28O3. The van der Waals surface area contributed by atoms with Gasteiger partial charge in [-0.3, -0.25) is 0 Å². The van der Waals surface area contributed by atoms with Crippen LogP contribution in [0.5, 0.6) is 0 Å². The predicted molar refractivity (Wildman–Crippen MR) is 70.4 cm³/mol. The van der Waals surface area contributed by atoms with Crippen molar-refractivity contribution in [1.29, 1.82) is 0 Å². The van der Waals surface area contributed by atoms with Crippen molar-refractivity contribution in [2.45, 2.75) is 84.2 Å². The molecule has 1 unspecified atom stereocenters. The van der Waals surface area contributed by atoms with Gasteiger partial charge in [-0.05, 0) is 19.3 Å². The molecule has 0 radical (unpaired) electrons. The van der Waals surface area contributed by atoms with E-state index in [2.05, 4.69) is 13.8 Å². The van der Waals surface area contributed by atoms with Crippen LogP contribution >= 0.6 is 0 Å². The first-order valence-electron chi connectivity index (χ1n) is 7.10. The van der Waals surface area contributed by atoms with Crippen molar-refractivity contribution in [2.75, 3.05) is 0 Å². The van der Waals surface area contributed by atoms with Gasteiger partial charge in [-0.2, -0.15) is 0 Å². The lowest BCUT2D eigenvalue weighted by molar-refractivity contribution is 0.0425. The fraction of sp³-hybridized carbons (Fsp3) is 0.929. The minimum atomic E-state index is -1.13. The Bertz CT molecular complexity index is 180. The SMILES string of the molecule is CCCCCCCCC(CCCC)OC(=O)O. The zero-order valence-electron chi connectivity index (χ0n) is 11.4. The molecule has 3 heteroatoms. The van der Waals surface area contributed by atoms with Crippen molar-refractivity contribution in [3.8, 4) is 0 Å². The number of rotatable bonds is 11. The van der Waals surface area contributed by atoms with Gasteiger partial charge in [-0.15, -0.1) is 0 Å². The highest BCUT2D eigenvalue weighted by molar-refractivity contribution is 5.57. The number of carboxylic acid groups (broad SMARTS) is 1. The maximum Gasteiger partial charge on any atom is 0.506 e. The molecule has 3 nitrogen and oxygen atoms in total. The third kappa shape index (κ3) is 11.5. The third-order valence-electron chi connectivity index (χ3n) is 3.03. The van der Waals surface area contributed by atoms with Crippen molar-refractivity contribution in [3.05, 3.63) is 0 Å². The standard InChI is InChI=1S/C14H28O3/c1-3-5-7-8-9-10-12-13(11-6-4-2)17-14(15)16/h13H,3-12H2,1-2H3,(H,15,16). The molecule has 0 aromatic heterocycles. The monoisotopic (exact) mass is 244 g/mol. The van der Waals surface area contributed by atoms with Crippen molar-refractivity contribution < 1.29 is 14.6 Å². The summed E-state index contributed by atoms with van der Waals surface area (Å²) in [7, 11) is 0. The van der Waals surface area contributed by atoms with E-state index in [1.54, 1.807) is 0 Å². The van der Waals surface area contributed by atoms with E-state index in [0.29, 0.717) is 0 Å². The van der Waals surface area contributed by atoms with Gasteiger partial charge in [-0.1, -0.05) is 58.8 Å². The Kier molecular flexibility index (Phi) is 11.2. The summed E-state index contributed by atoms with van der Waals surface area (Å²) in [5, 5.41) is 8.63. The molecule has 1 N–H and O–H groups in total. The van der Waals surface area contributed by atoms with Gasteiger partial charge < -0.3 is 9.84 Å². The van der Waals surface area contributed by atoms with Crippen LogP contribution in [0.3, 0.4) is 0 Å². The summed E-state index contributed by atoms with van der Waals surface area (Å²) in [6.07, 6.45) is 10.1. The van der Waals surface area contributed by atoms with Crippen molar-refractivity contribution in [2.24, 2.45) is 0 Å². The second-order valence-electron chi connectivity index (χ2n) is 4.70. The zero-order chi connectivity index (χ0) is 12.9. The topological polar surface area (TPSA) is 46.5 Å². The average Bonchev–Trinajstić information content (AvgIpc) is 2.29. The Hall–Kier alpha value is -0.730. The van der Waals surface area contributed by atoms with E-state index >= 15 is 0 Å². The molecule has 0 bridgehead atoms. The van der Waals surface area contributed by atoms with Crippen LogP contribution < -0.4 is 0 Å². The van der Waals surface area contributed by atoms with Gasteiger partial charge in [0.25, 0.3) is 0 Å². The molecule has 102 valence electrons. The molecule has 17 heavy (non-hydrogen) atoms. The summed E-state index contributed by atoms with van der Waals surface area (Å²) in [5.74, 6) is 0. The van der Waals surface area contributed by atoms with E-state index < -0.39 is 6.16 Å². The maximum atomic E-state index is 10.5. The van der Waals surface area contributed by atoms with E-state index in [-0.39, 0.29) is 6.10 Å². The number of ether oxygens (including phenoxy) is 1. The number of unbranched alkanes of at least 4 members (excludes halogenated alkanes) is 6. The Balaban J connectivity index is 3.56. The van der Waals surface area contributed by atoms with E-state index in [1.165, 1.54) is 32.1 Å². The summed E-state index contributed by atoms with van der Waals surface area (Å²) >= 11 is 0. The second kappa shape index (κ2) is 11.7. The molecular weight excluding hydrogens is 216 g/mol. The summed E-state index contributed by atoms with van der Waals surface area (Å²) in [6, 6.07) is 0. The minimum Gasteiger partial charge on any atom is -0.450 e. The predicted octanol–water partition coefficient (Wildman–Crippen LogP) is 4.99. The molecule has 0 aliphatic heterocycles. The fourth-order valence-corrected chi connectivity index (χ4v) is 1.99. The van der Waals surface area contributed by atoms with Crippen LogP contribution in [0.15, 0.2) is 0 Å². The van der Waals surface area contributed by atoms with Gasteiger partial charge >= 0.3 is 6.16 Å². The molecule has 0 fully saturated rings. The van der Waals surface area contributed by atoms with Crippen LogP contribution in [0.1, 0.15) is 78.1 Å². The first-order valence-corrected chi connectivity index (χ1v) is 7.10. The Morgan fingerprint density at radius 2 is 1.47 bits per heavy atom. The molecule has 0 rings (SSSR count). The summed E-state index contributed by atoms with van der Waals surface area (Å²) < 4.78 is 4.90. The molecule has 0 aliphatic carbocycles. The normalized spacial score (nSPS) is 12.4. The molecule has 0 spiro atoms. The fourth-order valence-electron chi connectivity index (χ4n) is 1.99. The second-order valence-corrected chi connectivity index (χ2v) is 4.70. The smallest absolute Gasteiger partial charge is 0.450 e. The highest BCUT2D eigenvalue weighted by Crippen LogP contribution is 2.15. The zero-order valence-corrected chi connectivity index (χ0v) is 11.4. The summed E-state index contributed by atoms with van der Waals surface area (Å²) in [6.45, 7) is 4.32. The van der Waals surface area contributed by atoms with Crippen LogP contribution in [0.2, 0.25) is 0 Å². The quantitative estimate of drug-likeness (QED) is 0.411. The molecule has 0 saturated heterocycles. The molecule has 0 aliphatic rings. The van der Waals surface area contributed by atoms with Gasteiger partial charge in [-0.25, -0.2) is 4.79 Å². The van der Waals surface area contributed by atoms with Crippen LogP contribution in [-0.2, 0) is 4.74 Å².